The first-order chi connectivity index (χ1) is 12.3. The molecule has 2 aromatic rings. The number of amides is 2. The average Bonchev–Trinajstić information content (AvgIpc) is 2.57. The highest BCUT2D eigenvalue weighted by molar-refractivity contribution is 7.99. The van der Waals surface area contributed by atoms with Gasteiger partial charge in [-0.1, -0.05) is 23.7 Å². The molecule has 0 fully saturated rings. The second-order valence-corrected chi connectivity index (χ2v) is 6.89. The van der Waals surface area contributed by atoms with E-state index in [1.807, 2.05) is 0 Å². The van der Waals surface area contributed by atoms with E-state index in [2.05, 4.69) is 5.32 Å². The lowest BCUT2D eigenvalue weighted by Gasteiger charge is -2.18. The van der Waals surface area contributed by atoms with Crippen molar-refractivity contribution in [1.82, 2.24) is 4.90 Å². The van der Waals surface area contributed by atoms with Crippen molar-refractivity contribution in [2.45, 2.75) is 6.54 Å². The van der Waals surface area contributed by atoms with Crippen molar-refractivity contribution in [2.24, 2.45) is 0 Å². The number of anilines is 1. The Morgan fingerprint density at radius 2 is 1.92 bits per heavy atom. The largest absolute Gasteiger partial charge is 0.337 e. The third-order valence-corrected chi connectivity index (χ3v) is 4.28. The summed E-state index contributed by atoms with van der Waals surface area (Å²) in [5.41, 5.74) is 0.213. The number of hydrogen-bond acceptors (Lipinski definition) is 3. The van der Waals surface area contributed by atoms with Gasteiger partial charge in [0.1, 0.15) is 11.6 Å². The Hall–Kier alpha value is -2.12. The number of hydrogen-bond donors (Lipinski definition) is 1. The SMILES string of the molecule is CSCC(=O)Nc1cc(C(=O)N(C)Cc2cccc(Cl)c2)c(F)cc1F. The number of carbonyl (C=O) groups is 2. The van der Waals surface area contributed by atoms with Crippen LogP contribution >= 0.6 is 23.4 Å². The molecular weight excluding hydrogens is 382 g/mol. The zero-order valence-electron chi connectivity index (χ0n) is 14.2. The molecule has 26 heavy (non-hydrogen) atoms. The molecule has 2 aromatic carbocycles. The highest BCUT2D eigenvalue weighted by atomic mass is 35.5. The van der Waals surface area contributed by atoms with Crippen LogP contribution in [0.4, 0.5) is 14.5 Å². The van der Waals surface area contributed by atoms with Crippen molar-refractivity contribution in [3.05, 3.63) is 64.2 Å². The summed E-state index contributed by atoms with van der Waals surface area (Å²) in [5.74, 6) is -2.88. The molecule has 0 heterocycles. The first-order valence-corrected chi connectivity index (χ1v) is 9.36. The van der Waals surface area contributed by atoms with E-state index in [1.54, 1.807) is 30.5 Å². The van der Waals surface area contributed by atoms with Crippen LogP contribution in [0.25, 0.3) is 0 Å². The smallest absolute Gasteiger partial charge is 0.256 e. The standard InChI is InChI=1S/C18H17ClF2N2O2S/c1-23(9-11-4-3-5-12(19)6-11)18(25)13-7-16(15(21)8-14(13)20)22-17(24)10-26-2/h3-8H,9-10H2,1-2H3,(H,22,24). The van der Waals surface area contributed by atoms with Crippen LogP contribution in [0.1, 0.15) is 15.9 Å². The molecule has 0 radical (unpaired) electrons. The molecule has 0 atom stereocenters. The third kappa shape index (κ3) is 5.19. The maximum absolute atomic E-state index is 14.1. The number of benzene rings is 2. The molecule has 0 aliphatic heterocycles. The Morgan fingerprint density at radius 3 is 2.58 bits per heavy atom. The van der Waals surface area contributed by atoms with Crippen LogP contribution in [0.5, 0.6) is 0 Å². The van der Waals surface area contributed by atoms with Gasteiger partial charge in [0.15, 0.2) is 0 Å². The summed E-state index contributed by atoms with van der Waals surface area (Å²) in [7, 11) is 1.50. The van der Waals surface area contributed by atoms with E-state index < -0.39 is 23.4 Å². The number of rotatable bonds is 6. The van der Waals surface area contributed by atoms with Crippen LogP contribution in [0.3, 0.4) is 0 Å². The molecule has 0 aromatic heterocycles. The van der Waals surface area contributed by atoms with Gasteiger partial charge in [0.25, 0.3) is 5.91 Å². The second-order valence-electron chi connectivity index (χ2n) is 5.58. The molecule has 2 rings (SSSR count). The Labute approximate surface area is 159 Å². The lowest BCUT2D eigenvalue weighted by Crippen LogP contribution is -2.27. The van der Waals surface area contributed by atoms with Gasteiger partial charge in [0.2, 0.25) is 5.91 Å². The molecule has 1 N–H and O–H groups in total. The summed E-state index contributed by atoms with van der Waals surface area (Å²) in [6.45, 7) is 0.199. The molecule has 0 aliphatic carbocycles. The summed E-state index contributed by atoms with van der Waals surface area (Å²) in [5, 5.41) is 2.86. The fourth-order valence-corrected chi connectivity index (χ4v) is 2.86. The first-order valence-electron chi connectivity index (χ1n) is 7.59. The highest BCUT2D eigenvalue weighted by Crippen LogP contribution is 2.22. The monoisotopic (exact) mass is 398 g/mol. The molecule has 0 bridgehead atoms. The van der Waals surface area contributed by atoms with E-state index in [1.165, 1.54) is 23.7 Å². The third-order valence-electron chi connectivity index (χ3n) is 3.49. The summed E-state index contributed by atoms with van der Waals surface area (Å²) >= 11 is 7.18. The van der Waals surface area contributed by atoms with Gasteiger partial charge >= 0.3 is 0 Å². The minimum Gasteiger partial charge on any atom is -0.337 e. The summed E-state index contributed by atoms with van der Waals surface area (Å²) in [4.78, 5) is 25.5. The van der Waals surface area contributed by atoms with E-state index in [9.17, 15) is 18.4 Å². The van der Waals surface area contributed by atoms with Gasteiger partial charge in [0, 0.05) is 24.7 Å². The van der Waals surface area contributed by atoms with E-state index >= 15 is 0 Å². The molecular formula is C18H17ClF2N2O2S. The number of carbonyl (C=O) groups excluding carboxylic acids is 2. The van der Waals surface area contributed by atoms with Gasteiger partial charge in [0.05, 0.1) is 17.0 Å². The average molecular weight is 399 g/mol. The number of nitrogens with zero attached hydrogens (tertiary/aromatic N) is 1. The van der Waals surface area contributed by atoms with E-state index in [0.29, 0.717) is 11.1 Å². The van der Waals surface area contributed by atoms with Gasteiger partial charge in [-0.2, -0.15) is 11.8 Å². The lowest BCUT2D eigenvalue weighted by atomic mass is 10.1. The fourth-order valence-electron chi connectivity index (χ4n) is 2.31. The molecule has 0 aliphatic rings. The van der Waals surface area contributed by atoms with Gasteiger partial charge in [-0.25, -0.2) is 8.78 Å². The molecule has 0 saturated carbocycles. The van der Waals surface area contributed by atoms with Crippen LogP contribution in [0.2, 0.25) is 5.02 Å². The van der Waals surface area contributed by atoms with Crippen LogP contribution < -0.4 is 5.32 Å². The summed E-state index contributed by atoms with van der Waals surface area (Å²) < 4.78 is 28.0. The van der Waals surface area contributed by atoms with Crippen LogP contribution in [0, 0.1) is 11.6 Å². The Kier molecular flexibility index (Phi) is 6.99. The summed E-state index contributed by atoms with van der Waals surface area (Å²) in [6, 6.07) is 8.53. The van der Waals surface area contributed by atoms with Crippen molar-refractivity contribution in [2.75, 3.05) is 24.4 Å². The van der Waals surface area contributed by atoms with E-state index in [-0.39, 0.29) is 23.5 Å². The Morgan fingerprint density at radius 1 is 1.19 bits per heavy atom. The second kappa shape index (κ2) is 9.00. The van der Waals surface area contributed by atoms with E-state index in [0.717, 1.165) is 11.6 Å². The van der Waals surface area contributed by atoms with Crippen LogP contribution in [0.15, 0.2) is 36.4 Å². The van der Waals surface area contributed by atoms with Crippen molar-refractivity contribution in [1.29, 1.82) is 0 Å². The van der Waals surface area contributed by atoms with Crippen LogP contribution in [-0.4, -0.2) is 35.8 Å². The number of halogens is 3. The Balaban J connectivity index is 2.22. The van der Waals surface area contributed by atoms with Crippen molar-refractivity contribution >= 4 is 40.9 Å². The molecule has 8 heteroatoms. The zero-order chi connectivity index (χ0) is 19.3. The fraction of sp³-hybridized carbons (Fsp3) is 0.222. The summed E-state index contributed by atoms with van der Waals surface area (Å²) in [6.07, 6.45) is 1.72. The zero-order valence-corrected chi connectivity index (χ0v) is 15.8. The maximum Gasteiger partial charge on any atom is 0.256 e. The minimum atomic E-state index is -0.992. The molecule has 138 valence electrons. The Bertz CT molecular complexity index is 833. The first kappa shape index (κ1) is 20.2. The number of nitrogens with one attached hydrogen (secondary N) is 1. The van der Waals surface area contributed by atoms with Gasteiger partial charge in [-0.3, -0.25) is 9.59 Å². The minimum absolute atomic E-state index is 0.120. The van der Waals surface area contributed by atoms with Gasteiger partial charge in [-0.15, -0.1) is 0 Å². The molecule has 0 saturated heterocycles. The number of thioether (sulfide) groups is 1. The maximum atomic E-state index is 14.1. The predicted octanol–water partition coefficient (Wildman–Crippen LogP) is 4.19. The van der Waals surface area contributed by atoms with Gasteiger partial charge in [-0.05, 0) is 30.0 Å². The molecule has 4 nitrogen and oxygen atoms in total. The molecule has 0 unspecified atom stereocenters. The molecule has 2 amide bonds. The lowest BCUT2D eigenvalue weighted by molar-refractivity contribution is -0.113. The quantitative estimate of drug-likeness (QED) is 0.793. The predicted molar refractivity (Wildman–Crippen MR) is 101 cm³/mol. The van der Waals surface area contributed by atoms with Crippen molar-refractivity contribution in [3.63, 3.8) is 0 Å². The topological polar surface area (TPSA) is 49.4 Å². The molecule has 0 spiro atoms. The van der Waals surface area contributed by atoms with Crippen molar-refractivity contribution in [3.8, 4) is 0 Å². The van der Waals surface area contributed by atoms with Gasteiger partial charge < -0.3 is 10.2 Å². The van der Waals surface area contributed by atoms with Crippen LogP contribution in [-0.2, 0) is 11.3 Å². The van der Waals surface area contributed by atoms with Crippen molar-refractivity contribution < 1.29 is 18.4 Å². The highest BCUT2D eigenvalue weighted by Gasteiger charge is 2.20. The normalized spacial score (nSPS) is 10.5. The van der Waals surface area contributed by atoms with E-state index in [4.69, 9.17) is 11.6 Å².